The van der Waals surface area contributed by atoms with Gasteiger partial charge in [-0.1, -0.05) is 12.1 Å². The van der Waals surface area contributed by atoms with Crippen molar-refractivity contribution in [3.05, 3.63) is 54.0 Å². The molecule has 3 nitrogen and oxygen atoms in total. The van der Waals surface area contributed by atoms with Gasteiger partial charge < -0.3 is 9.73 Å². The largest absolute Gasteiger partial charge is 0.467 e. The Balaban J connectivity index is 1.91. The van der Waals surface area contributed by atoms with Crippen LogP contribution in [0.5, 0.6) is 0 Å². The molecule has 1 atom stereocenters. The molecule has 1 aliphatic heterocycles. The van der Waals surface area contributed by atoms with Crippen LogP contribution in [0.25, 0.3) is 0 Å². The van der Waals surface area contributed by atoms with Crippen LogP contribution in [0.1, 0.15) is 23.8 Å². The average Bonchev–Trinajstić information content (AvgIpc) is 2.91. The van der Waals surface area contributed by atoms with E-state index in [4.69, 9.17) is 4.42 Å². The summed E-state index contributed by atoms with van der Waals surface area (Å²) in [6.07, 6.45) is 5.06. The molecule has 1 aliphatic rings. The number of nitrogens with one attached hydrogen (secondary N) is 1. The Morgan fingerprint density at radius 2 is 2.00 bits per heavy atom. The third-order valence-corrected chi connectivity index (χ3v) is 4.73. The summed E-state index contributed by atoms with van der Waals surface area (Å²) in [5.74, 6) is 1.04. The molecule has 4 heteroatoms. The number of benzene rings is 1. The van der Waals surface area contributed by atoms with Gasteiger partial charge in [0.1, 0.15) is 5.76 Å². The minimum Gasteiger partial charge on any atom is -0.467 e. The van der Waals surface area contributed by atoms with Crippen LogP contribution in [0, 0.1) is 0 Å². The van der Waals surface area contributed by atoms with Crippen LogP contribution in [-0.2, 0) is 0 Å². The third-order valence-electron chi connectivity index (χ3n) is 3.98. The number of rotatable bonds is 4. The van der Waals surface area contributed by atoms with E-state index in [0.717, 1.165) is 31.9 Å². The van der Waals surface area contributed by atoms with Gasteiger partial charge in [-0.25, -0.2) is 0 Å². The molecule has 0 radical (unpaired) electrons. The van der Waals surface area contributed by atoms with Crippen molar-refractivity contribution in [3.8, 4) is 0 Å². The minimum absolute atomic E-state index is 0.218. The highest BCUT2D eigenvalue weighted by Crippen LogP contribution is 2.30. The summed E-state index contributed by atoms with van der Waals surface area (Å²) in [6.45, 7) is 4.30. The van der Waals surface area contributed by atoms with E-state index in [1.165, 1.54) is 16.9 Å². The Kier molecular flexibility index (Phi) is 5.01. The third kappa shape index (κ3) is 3.51. The average molecular weight is 302 g/mol. The summed E-state index contributed by atoms with van der Waals surface area (Å²) < 4.78 is 5.73. The van der Waals surface area contributed by atoms with Gasteiger partial charge in [0.2, 0.25) is 0 Å². The zero-order valence-corrected chi connectivity index (χ0v) is 13.2. The van der Waals surface area contributed by atoms with Gasteiger partial charge in [-0.15, -0.1) is 11.8 Å². The van der Waals surface area contributed by atoms with Crippen molar-refractivity contribution in [1.82, 2.24) is 10.2 Å². The summed E-state index contributed by atoms with van der Waals surface area (Å²) in [5.41, 5.74) is 1.31. The first kappa shape index (κ1) is 14.7. The maximum absolute atomic E-state index is 5.73. The van der Waals surface area contributed by atoms with Gasteiger partial charge in [0.05, 0.1) is 12.3 Å². The van der Waals surface area contributed by atoms with Crippen molar-refractivity contribution in [3.63, 3.8) is 0 Å². The van der Waals surface area contributed by atoms with E-state index in [0.29, 0.717) is 0 Å². The summed E-state index contributed by atoms with van der Waals surface area (Å²) in [6, 6.07) is 13.2. The van der Waals surface area contributed by atoms with E-state index >= 15 is 0 Å². The molecular weight excluding hydrogens is 280 g/mol. The Morgan fingerprint density at radius 1 is 1.14 bits per heavy atom. The quantitative estimate of drug-likeness (QED) is 0.877. The summed E-state index contributed by atoms with van der Waals surface area (Å²) in [7, 11) is 0. The molecule has 1 aromatic carbocycles. The number of thioether (sulfide) groups is 1. The Hall–Kier alpha value is -1.23. The second-order valence-electron chi connectivity index (χ2n) is 5.33. The highest BCUT2D eigenvalue weighted by Gasteiger charge is 2.25. The monoisotopic (exact) mass is 302 g/mol. The van der Waals surface area contributed by atoms with Crippen LogP contribution in [0.3, 0.4) is 0 Å². The van der Waals surface area contributed by atoms with Crippen molar-refractivity contribution < 1.29 is 4.42 Å². The molecule has 0 amide bonds. The number of hydrogen-bond acceptors (Lipinski definition) is 4. The first-order valence-corrected chi connectivity index (χ1v) is 8.73. The second-order valence-corrected chi connectivity index (χ2v) is 6.21. The van der Waals surface area contributed by atoms with E-state index in [1.54, 1.807) is 18.0 Å². The van der Waals surface area contributed by atoms with Crippen molar-refractivity contribution in [2.45, 2.75) is 17.4 Å². The van der Waals surface area contributed by atoms with E-state index in [2.05, 4.69) is 46.8 Å². The molecule has 112 valence electrons. The highest BCUT2D eigenvalue weighted by molar-refractivity contribution is 7.98. The molecular formula is C17H22N2OS. The molecule has 1 aromatic heterocycles. The Bertz CT molecular complexity index is 530. The van der Waals surface area contributed by atoms with Crippen LogP contribution in [0.15, 0.2) is 52.0 Å². The molecule has 1 fully saturated rings. The van der Waals surface area contributed by atoms with Crippen LogP contribution in [0.2, 0.25) is 0 Å². The smallest absolute Gasteiger partial charge is 0.125 e. The minimum atomic E-state index is 0.218. The van der Waals surface area contributed by atoms with Gasteiger partial charge in [0.15, 0.2) is 0 Å². The number of hydrogen-bond donors (Lipinski definition) is 1. The lowest BCUT2D eigenvalue weighted by atomic mass is 10.0. The number of furan rings is 1. The van der Waals surface area contributed by atoms with Crippen LogP contribution >= 0.6 is 11.8 Å². The molecule has 0 saturated carbocycles. The molecule has 1 N–H and O–H groups in total. The van der Waals surface area contributed by atoms with Gasteiger partial charge in [-0.05, 0) is 49.1 Å². The van der Waals surface area contributed by atoms with Crippen molar-refractivity contribution in [2.24, 2.45) is 0 Å². The lowest BCUT2D eigenvalue weighted by molar-refractivity contribution is 0.216. The van der Waals surface area contributed by atoms with Gasteiger partial charge in [0.25, 0.3) is 0 Å². The van der Waals surface area contributed by atoms with Crippen LogP contribution in [0.4, 0.5) is 0 Å². The molecule has 21 heavy (non-hydrogen) atoms. The van der Waals surface area contributed by atoms with Crippen LogP contribution < -0.4 is 5.32 Å². The summed E-state index contributed by atoms with van der Waals surface area (Å²) in [4.78, 5) is 3.82. The lowest BCUT2D eigenvalue weighted by Crippen LogP contribution is -2.32. The van der Waals surface area contributed by atoms with Gasteiger partial charge in [-0.3, -0.25) is 4.90 Å². The summed E-state index contributed by atoms with van der Waals surface area (Å²) >= 11 is 1.78. The standard InChI is InChI=1S/C17H22N2OS/c1-21-15-7-5-14(6-8-15)17(16-4-2-13-20-16)19-11-3-9-18-10-12-19/h2,4-8,13,17-18H,3,9-12H2,1H3. The first-order valence-electron chi connectivity index (χ1n) is 7.50. The molecule has 3 rings (SSSR count). The fourth-order valence-electron chi connectivity index (χ4n) is 2.91. The fourth-order valence-corrected chi connectivity index (χ4v) is 3.32. The first-order chi connectivity index (χ1) is 10.4. The van der Waals surface area contributed by atoms with Crippen LogP contribution in [-0.4, -0.2) is 37.3 Å². The molecule has 1 unspecified atom stereocenters. The zero-order valence-electron chi connectivity index (χ0n) is 12.4. The number of nitrogens with zero attached hydrogens (tertiary/aromatic N) is 1. The predicted molar refractivity (Wildman–Crippen MR) is 87.8 cm³/mol. The maximum Gasteiger partial charge on any atom is 0.125 e. The molecule has 0 spiro atoms. The molecule has 2 aromatic rings. The van der Waals surface area contributed by atoms with Gasteiger partial charge >= 0.3 is 0 Å². The van der Waals surface area contributed by atoms with Crippen molar-refractivity contribution >= 4 is 11.8 Å². The van der Waals surface area contributed by atoms with E-state index in [9.17, 15) is 0 Å². The second kappa shape index (κ2) is 7.16. The Labute approximate surface area is 130 Å². The molecule has 1 saturated heterocycles. The Morgan fingerprint density at radius 3 is 2.71 bits per heavy atom. The molecule has 2 heterocycles. The zero-order chi connectivity index (χ0) is 14.5. The van der Waals surface area contributed by atoms with Gasteiger partial charge in [0, 0.05) is 24.5 Å². The predicted octanol–water partition coefficient (Wildman–Crippen LogP) is 3.39. The SMILES string of the molecule is CSc1ccc(C(c2ccco2)N2CCCNCC2)cc1. The van der Waals surface area contributed by atoms with Crippen molar-refractivity contribution in [1.29, 1.82) is 0 Å². The van der Waals surface area contributed by atoms with E-state index in [-0.39, 0.29) is 6.04 Å². The molecule has 0 bridgehead atoms. The maximum atomic E-state index is 5.73. The highest BCUT2D eigenvalue weighted by atomic mass is 32.2. The normalized spacial score (nSPS) is 18.3. The topological polar surface area (TPSA) is 28.4 Å². The van der Waals surface area contributed by atoms with E-state index in [1.807, 2.05) is 6.07 Å². The van der Waals surface area contributed by atoms with Gasteiger partial charge in [-0.2, -0.15) is 0 Å². The van der Waals surface area contributed by atoms with Crippen molar-refractivity contribution in [2.75, 3.05) is 32.4 Å². The lowest BCUT2D eigenvalue weighted by Gasteiger charge is -2.29. The fraction of sp³-hybridized carbons (Fsp3) is 0.412. The molecule has 0 aliphatic carbocycles. The summed E-state index contributed by atoms with van der Waals surface area (Å²) in [5, 5.41) is 3.47. The van der Waals surface area contributed by atoms with E-state index < -0.39 is 0 Å².